The van der Waals surface area contributed by atoms with E-state index in [-0.39, 0.29) is 12.1 Å². The number of fused-ring (bicyclic) bond motifs is 1. The van der Waals surface area contributed by atoms with Gasteiger partial charge < -0.3 is 9.64 Å². The zero-order chi connectivity index (χ0) is 21.4. The quantitative estimate of drug-likeness (QED) is 0.512. The number of aryl methyl sites for hydroxylation is 1. The minimum Gasteiger partial charge on any atom is -0.457 e. The number of rotatable bonds is 4. The minimum atomic E-state index is -0.366. The van der Waals surface area contributed by atoms with Gasteiger partial charge in [0.25, 0.3) is 0 Å². The summed E-state index contributed by atoms with van der Waals surface area (Å²) in [6.07, 6.45) is 4.05. The van der Waals surface area contributed by atoms with Crippen LogP contribution in [0.2, 0.25) is 0 Å². The Hall–Kier alpha value is -3.65. The zero-order valence-electron chi connectivity index (χ0n) is 17.4. The van der Waals surface area contributed by atoms with Crippen molar-refractivity contribution < 1.29 is 9.53 Å². The van der Waals surface area contributed by atoms with Gasteiger partial charge in [-0.05, 0) is 50.7 Å². The molecule has 156 valence electrons. The summed E-state index contributed by atoms with van der Waals surface area (Å²) in [4.78, 5) is 28.5. The van der Waals surface area contributed by atoms with E-state index in [1.807, 2.05) is 44.3 Å². The first-order valence-corrected chi connectivity index (χ1v) is 10.2. The van der Waals surface area contributed by atoms with E-state index in [0.29, 0.717) is 16.6 Å². The number of ether oxygens (including phenoxy) is 1. The number of esters is 1. The maximum absolute atomic E-state index is 12.6. The molecule has 1 N–H and O–H groups in total. The predicted molar refractivity (Wildman–Crippen MR) is 116 cm³/mol. The fourth-order valence-electron chi connectivity index (χ4n) is 3.84. The minimum absolute atomic E-state index is 0.0807. The number of aromatic amines is 1. The summed E-state index contributed by atoms with van der Waals surface area (Å²) in [6.45, 7) is 3.64. The molecule has 8 nitrogen and oxygen atoms in total. The summed E-state index contributed by atoms with van der Waals surface area (Å²) in [5.41, 5.74) is 5.81. The number of likely N-dealkylation sites (tertiary alicyclic amines) is 1. The number of carbonyl (C=O) groups is 1. The summed E-state index contributed by atoms with van der Waals surface area (Å²) in [7, 11) is 2.02. The zero-order valence-corrected chi connectivity index (χ0v) is 17.4. The second-order valence-corrected chi connectivity index (χ2v) is 7.86. The molecule has 0 saturated carbocycles. The second-order valence-electron chi connectivity index (χ2n) is 7.86. The van der Waals surface area contributed by atoms with Gasteiger partial charge in [-0.2, -0.15) is 5.10 Å². The van der Waals surface area contributed by atoms with Crippen LogP contribution in [0.3, 0.4) is 0 Å². The Kier molecular flexibility index (Phi) is 4.91. The molecule has 1 atom stereocenters. The van der Waals surface area contributed by atoms with Crippen molar-refractivity contribution in [3.63, 3.8) is 0 Å². The van der Waals surface area contributed by atoms with Crippen molar-refractivity contribution in [2.45, 2.75) is 19.4 Å². The molecule has 4 aromatic rings. The number of H-pyrrole nitrogens is 1. The maximum atomic E-state index is 12.6. The van der Waals surface area contributed by atoms with E-state index >= 15 is 0 Å². The molecule has 1 aliphatic heterocycles. The molecule has 0 aromatic carbocycles. The van der Waals surface area contributed by atoms with Crippen LogP contribution in [0.1, 0.15) is 22.5 Å². The van der Waals surface area contributed by atoms with Crippen molar-refractivity contribution in [3.8, 4) is 22.6 Å². The highest BCUT2D eigenvalue weighted by Gasteiger charge is 2.24. The van der Waals surface area contributed by atoms with Crippen LogP contribution in [0.25, 0.3) is 33.7 Å². The van der Waals surface area contributed by atoms with Gasteiger partial charge in [0, 0.05) is 30.5 Å². The fourth-order valence-corrected chi connectivity index (χ4v) is 3.84. The molecule has 0 bridgehead atoms. The third-order valence-corrected chi connectivity index (χ3v) is 5.45. The highest BCUT2D eigenvalue weighted by atomic mass is 16.5. The second kappa shape index (κ2) is 7.88. The van der Waals surface area contributed by atoms with Crippen LogP contribution >= 0.6 is 0 Å². The topological polar surface area (TPSA) is 96.9 Å². The van der Waals surface area contributed by atoms with Gasteiger partial charge >= 0.3 is 5.97 Å². The lowest BCUT2D eigenvalue weighted by Crippen LogP contribution is -2.22. The molecular weight excluding hydrogens is 392 g/mol. The monoisotopic (exact) mass is 414 g/mol. The van der Waals surface area contributed by atoms with Gasteiger partial charge in [0.05, 0.1) is 39.9 Å². The molecule has 5 heterocycles. The molecule has 0 radical (unpaired) electrons. The van der Waals surface area contributed by atoms with Gasteiger partial charge in [-0.1, -0.05) is 6.07 Å². The van der Waals surface area contributed by atoms with Crippen LogP contribution in [0.4, 0.5) is 0 Å². The molecule has 0 aliphatic carbocycles. The number of nitrogens with zero attached hydrogens (tertiary/aromatic N) is 5. The van der Waals surface area contributed by atoms with Crippen molar-refractivity contribution in [1.82, 2.24) is 30.0 Å². The lowest BCUT2D eigenvalue weighted by molar-refractivity contribution is 0.0327. The van der Waals surface area contributed by atoms with Gasteiger partial charge in [-0.3, -0.25) is 15.1 Å². The van der Waals surface area contributed by atoms with E-state index in [4.69, 9.17) is 9.72 Å². The first-order valence-electron chi connectivity index (χ1n) is 10.2. The van der Waals surface area contributed by atoms with E-state index in [0.717, 1.165) is 47.8 Å². The number of carbonyl (C=O) groups excluding carboxylic acids is 1. The third-order valence-electron chi connectivity index (χ3n) is 5.45. The molecule has 0 spiro atoms. The average molecular weight is 414 g/mol. The maximum Gasteiger partial charge on any atom is 0.340 e. The van der Waals surface area contributed by atoms with Crippen LogP contribution in [-0.2, 0) is 4.74 Å². The van der Waals surface area contributed by atoms with Crippen molar-refractivity contribution in [3.05, 3.63) is 60.0 Å². The molecule has 5 rings (SSSR count). The van der Waals surface area contributed by atoms with Crippen molar-refractivity contribution in [1.29, 1.82) is 0 Å². The Morgan fingerprint density at radius 3 is 2.84 bits per heavy atom. The Bertz CT molecular complexity index is 1270. The molecule has 1 aliphatic rings. The first-order chi connectivity index (χ1) is 15.1. The Morgan fingerprint density at radius 2 is 2.03 bits per heavy atom. The molecular formula is C23H22N6O2. The van der Waals surface area contributed by atoms with Gasteiger partial charge in [0.2, 0.25) is 0 Å². The molecule has 0 amide bonds. The first kappa shape index (κ1) is 19.3. The molecule has 31 heavy (non-hydrogen) atoms. The number of aromatic nitrogens is 5. The van der Waals surface area contributed by atoms with Crippen LogP contribution in [0.15, 0.2) is 48.8 Å². The van der Waals surface area contributed by atoms with Gasteiger partial charge in [-0.15, -0.1) is 0 Å². The largest absolute Gasteiger partial charge is 0.457 e. The highest BCUT2D eigenvalue weighted by molar-refractivity contribution is 5.93. The Morgan fingerprint density at radius 1 is 1.13 bits per heavy atom. The van der Waals surface area contributed by atoms with E-state index < -0.39 is 0 Å². The lowest BCUT2D eigenvalue weighted by atomic mass is 10.1. The van der Waals surface area contributed by atoms with Crippen LogP contribution in [0.5, 0.6) is 0 Å². The smallest absolute Gasteiger partial charge is 0.340 e. The van der Waals surface area contributed by atoms with Crippen molar-refractivity contribution in [2.24, 2.45) is 0 Å². The summed E-state index contributed by atoms with van der Waals surface area (Å²) in [6, 6.07) is 11.4. The summed E-state index contributed by atoms with van der Waals surface area (Å²) in [5, 5.41) is 7.22. The molecule has 1 saturated heterocycles. The number of hydrogen-bond donors (Lipinski definition) is 1. The van der Waals surface area contributed by atoms with Crippen LogP contribution < -0.4 is 0 Å². The van der Waals surface area contributed by atoms with E-state index in [2.05, 4.69) is 25.1 Å². The number of nitrogens with one attached hydrogen (secondary N) is 1. The SMILES string of the molecule is Cc1cccc(-c2[nH]ncc2-c2ccc3ncc(C(=O)O[C@@H]4CCN(C)C4)cc3n2)n1. The average Bonchev–Trinajstić information content (AvgIpc) is 3.42. The molecule has 8 heteroatoms. The predicted octanol–water partition coefficient (Wildman–Crippen LogP) is 3.25. The highest BCUT2D eigenvalue weighted by Crippen LogP contribution is 2.29. The number of hydrogen-bond acceptors (Lipinski definition) is 7. The molecule has 0 unspecified atom stereocenters. The van der Waals surface area contributed by atoms with Gasteiger partial charge in [0.1, 0.15) is 6.10 Å². The Balaban J connectivity index is 1.47. The summed E-state index contributed by atoms with van der Waals surface area (Å²) in [5.74, 6) is -0.366. The molecule has 4 aromatic heterocycles. The lowest BCUT2D eigenvalue weighted by Gasteiger charge is -2.12. The van der Waals surface area contributed by atoms with E-state index in [9.17, 15) is 4.79 Å². The van der Waals surface area contributed by atoms with Crippen molar-refractivity contribution >= 4 is 17.0 Å². The van der Waals surface area contributed by atoms with E-state index in [1.165, 1.54) is 0 Å². The Labute approximate surface area is 179 Å². The van der Waals surface area contributed by atoms with Gasteiger partial charge in [-0.25, -0.2) is 9.78 Å². The third kappa shape index (κ3) is 3.89. The standard InChI is InChI=1S/C23H22N6O2/c1-14-4-3-5-20(26-14)22-17(12-25-28-22)18-6-7-19-21(27-18)10-15(11-24-19)23(30)31-16-8-9-29(2)13-16/h3-7,10-12,16H,8-9,13H2,1-2H3,(H,25,28)/t16-/m1/s1. The summed E-state index contributed by atoms with van der Waals surface area (Å²) < 4.78 is 5.64. The van der Waals surface area contributed by atoms with Gasteiger partial charge in [0.15, 0.2) is 0 Å². The molecule has 1 fully saturated rings. The van der Waals surface area contributed by atoms with Crippen LogP contribution in [0, 0.1) is 6.92 Å². The number of likely N-dealkylation sites (N-methyl/N-ethyl adjacent to an activating group) is 1. The fraction of sp³-hybridized carbons (Fsp3) is 0.261. The van der Waals surface area contributed by atoms with Crippen LogP contribution in [-0.4, -0.2) is 62.3 Å². The normalized spacial score (nSPS) is 16.6. The van der Waals surface area contributed by atoms with Crippen molar-refractivity contribution in [2.75, 3.05) is 20.1 Å². The number of pyridine rings is 3. The summed E-state index contributed by atoms with van der Waals surface area (Å²) >= 11 is 0. The van der Waals surface area contributed by atoms with E-state index in [1.54, 1.807) is 18.5 Å².